The second-order valence-corrected chi connectivity index (χ2v) is 5.58. The topological polar surface area (TPSA) is 29.1 Å². The highest BCUT2D eigenvalue weighted by Crippen LogP contribution is 2.21. The van der Waals surface area contributed by atoms with Gasteiger partial charge in [-0.2, -0.15) is 0 Å². The smallest absolute Gasteiger partial charge is 0.255 e. The van der Waals surface area contributed by atoms with Gasteiger partial charge in [0, 0.05) is 15.7 Å². The van der Waals surface area contributed by atoms with Crippen molar-refractivity contribution >= 4 is 27.5 Å². The summed E-state index contributed by atoms with van der Waals surface area (Å²) >= 11 is 3.42. The molecule has 0 unspecified atom stereocenters. The van der Waals surface area contributed by atoms with Crippen LogP contribution in [-0.2, 0) is 0 Å². The second-order valence-electron chi connectivity index (χ2n) is 4.66. The van der Waals surface area contributed by atoms with Gasteiger partial charge in [-0.15, -0.1) is 0 Å². The number of carbonyl (C=O) groups is 1. The van der Waals surface area contributed by atoms with Gasteiger partial charge in [0.25, 0.3) is 5.91 Å². The minimum atomic E-state index is -0.0633. The van der Waals surface area contributed by atoms with E-state index in [0.717, 1.165) is 32.4 Å². The van der Waals surface area contributed by atoms with E-state index in [2.05, 4.69) is 21.2 Å². The number of nitrogens with one attached hydrogen (secondary N) is 1. The summed E-state index contributed by atoms with van der Waals surface area (Å²) in [5.41, 5.74) is 4.75. The number of carbonyl (C=O) groups excluding carboxylic acids is 1. The summed E-state index contributed by atoms with van der Waals surface area (Å²) in [6, 6.07) is 11.6. The Morgan fingerprint density at radius 1 is 1.05 bits per heavy atom. The van der Waals surface area contributed by atoms with Gasteiger partial charge in [0.2, 0.25) is 0 Å². The van der Waals surface area contributed by atoms with E-state index in [1.807, 2.05) is 57.2 Å². The highest BCUT2D eigenvalue weighted by molar-refractivity contribution is 9.10. The highest BCUT2D eigenvalue weighted by atomic mass is 79.9. The number of benzene rings is 2. The average molecular weight is 318 g/mol. The molecule has 2 rings (SSSR count). The molecule has 0 atom stereocenters. The largest absolute Gasteiger partial charge is 0.322 e. The number of anilines is 1. The van der Waals surface area contributed by atoms with Gasteiger partial charge in [-0.1, -0.05) is 28.1 Å². The van der Waals surface area contributed by atoms with E-state index in [1.165, 1.54) is 0 Å². The van der Waals surface area contributed by atoms with Crippen molar-refractivity contribution in [1.82, 2.24) is 0 Å². The Bertz CT molecular complexity index is 635. The predicted molar refractivity (Wildman–Crippen MR) is 82.7 cm³/mol. The molecule has 0 fully saturated rings. The fraction of sp³-hybridized carbons (Fsp3) is 0.188. The van der Waals surface area contributed by atoms with Crippen LogP contribution in [0.15, 0.2) is 40.9 Å². The van der Waals surface area contributed by atoms with Crippen LogP contribution < -0.4 is 5.32 Å². The van der Waals surface area contributed by atoms with Gasteiger partial charge in [0.15, 0.2) is 0 Å². The summed E-state index contributed by atoms with van der Waals surface area (Å²) in [6.45, 7) is 5.96. The normalized spacial score (nSPS) is 10.3. The fourth-order valence-corrected chi connectivity index (χ4v) is 2.43. The van der Waals surface area contributed by atoms with Crippen molar-refractivity contribution < 1.29 is 4.79 Å². The lowest BCUT2D eigenvalue weighted by Crippen LogP contribution is -2.14. The lowest BCUT2D eigenvalue weighted by Gasteiger charge is -2.11. The van der Waals surface area contributed by atoms with Gasteiger partial charge < -0.3 is 5.32 Å². The van der Waals surface area contributed by atoms with Crippen LogP contribution in [-0.4, -0.2) is 5.91 Å². The first-order valence-corrected chi connectivity index (χ1v) is 6.92. The van der Waals surface area contributed by atoms with Crippen LogP contribution in [0, 0.1) is 20.8 Å². The van der Waals surface area contributed by atoms with E-state index in [1.54, 1.807) is 0 Å². The molecule has 0 spiro atoms. The molecule has 1 N–H and O–H groups in total. The van der Waals surface area contributed by atoms with Crippen LogP contribution in [0.5, 0.6) is 0 Å². The maximum atomic E-state index is 12.3. The molecule has 19 heavy (non-hydrogen) atoms. The number of amides is 1. The Morgan fingerprint density at radius 2 is 1.79 bits per heavy atom. The summed E-state index contributed by atoms with van der Waals surface area (Å²) in [6.07, 6.45) is 0. The van der Waals surface area contributed by atoms with Crippen LogP contribution in [0.2, 0.25) is 0 Å². The summed E-state index contributed by atoms with van der Waals surface area (Å²) in [5, 5.41) is 2.96. The van der Waals surface area contributed by atoms with Crippen LogP contribution in [0.3, 0.4) is 0 Å². The fourth-order valence-electron chi connectivity index (χ4n) is 1.95. The van der Waals surface area contributed by atoms with Crippen molar-refractivity contribution in [3.05, 3.63) is 63.1 Å². The minimum Gasteiger partial charge on any atom is -0.322 e. The molecule has 0 bridgehead atoms. The van der Waals surface area contributed by atoms with E-state index in [-0.39, 0.29) is 5.91 Å². The SMILES string of the molecule is Cc1cc(Br)ccc1NC(=O)c1cccc(C)c1C. The zero-order valence-corrected chi connectivity index (χ0v) is 12.8. The third-order valence-electron chi connectivity index (χ3n) is 3.29. The lowest BCUT2D eigenvalue weighted by atomic mass is 10.0. The van der Waals surface area contributed by atoms with Gasteiger partial charge in [-0.05, 0) is 61.7 Å². The maximum absolute atomic E-state index is 12.3. The van der Waals surface area contributed by atoms with E-state index in [4.69, 9.17) is 0 Å². The molecule has 0 aliphatic rings. The molecule has 98 valence electrons. The molecule has 0 aliphatic carbocycles. The number of rotatable bonds is 2. The van der Waals surface area contributed by atoms with Crippen molar-refractivity contribution in [2.24, 2.45) is 0 Å². The van der Waals surface area contributed by atoms with Crippen LogP contribution in [0.25, 0.3) is 0 Å². The van der Waals surface area contributed by atoms with Crippen molar-refractivity contribution in [3.63, 3.8) is 0 Å². The van der Waals surface area contributed by atoms with Crippen molar-refractivity contribution in [2.75, 3.05) is 5.32 Å². The molecule has 0 aromatic heterocycles. The molecule has 2 aromatic rings. The van der Waals surface area contributed by atoms with Gasteiger partial charge in [-0.25, -0.2) is 0 Å². The third-order valence-corrected chi connectivity index (χ3v) is 3.78. The monoisotopic (exact) mass is 317 g/mol. The molecule has 0 saturated heterocycles. The van der Waals surface area contributed by atoms with Gasteiger partial charge in [-0.3, -0.25) is 4.79 Å². The van der Waals surface area contributed by atoms with Crippen LogP contribution in [0.1, 0.15) is 27.0 Å². The van der Waals surface area contributed by atoms with Gasteiger partial charge in [0.05, 0.1) is 0 Å². The number of halogens is 1. The summed E-state index contributed by atoms with van der Waals surface area (Å²) in [7, 11) is 0. The Morgan fingerprint density at radius 3 is 2.47 bits per heavy atom. The molecule has 3 heteroatoms. The summed E-state index contributed by atoms with van der Waals surface area (Å²) < 4.78 is 1.01. The first kappa shape index (κ1) is 13.8. The van der Waals surface area contributed by atoms with Crippen molar-refractivity contribution in [3.8, 4) is 0 Å². The van der Waals surface area contributed by atoms with Gasteiger partial charge >= 0.3 is 0 Å². The average Bonchev–Trinajstić information content (AvgIpc) is 2.36. The zero-order chi connectivity index (χ0) is 14.0. The summed E-state index contributed by atoms with van der Waals surface area (Å²) in [5.74, 6) is -0.0633. The molecule has 0 heterocycles. The lowest BCUT2D eigenvalue weighted by molar-refractivity contribution is 0.102. The van der Waals surface area contributed by atoms with E-state index < -0.39 is 0 Å². The predicted octanol–water partition coefficient (Wildman–Crippen LogP) is 4.63. The number of aryl methyl sites for hydroxylation is 2. The molecule has 0 aliphatic heterocycles. The Labute approximate surface area is 122 Å². The highest BCUT2D eigenvalue weighted by Gasteiger charge is 2.11. The van der Waals surface area contributed by atoms with Crippen molar-refractivity contribution in [2.45, 2.75) is 20.8 Å². The molecule has 2 nitrogen and oxygen atoms in total. The second kappa shape index (κ2) is 5.57. The molecular formula is C16H16BrNO. The molecule has 0 saturated carbocycles. The standard InChI is InChI=1S/C16H16BrNO/c1-10-5-4-6-14(12(10)3)16(19)18-15-8-7-13(17)9-11(15)2/h4-9H,1-3H3,(H,18,19). The third kappa shape index (κ3) is 3.04. The van der Waals surface area contributed by atoms with Crippen LogP contribution >= 0.6 is 15.9 Å². The zero-order valence-electron chi connectivity index (χ0n) is 11.3. The maximum Gasteiger partial charge on any atom is 0.255 e. The molecule has 2 aromatic carbocycles. The summed E-state index contributed by atoms with van der Waals surface area (Å²) in [4.78, 5) is 12.3. The first-order chi connectivity index (χ1) is 8.99. The van der Waals surface area contributed by atoms with E-state index >= 15 is 0 Å². The molecule has 1 amide bonds. The van der Waals surface area contributed by atoms with Gasteiger partial charge in [0.1, 0.15) is 0 Å². The molecule has 0 radical (unpaired) electrons. The minimum absolute atomic E-state index is 0.0633. The van der Waals surface area contributed by atoms with Crippen LogP contribution in [0.4, 0.5) is 5.69 Å². The van der Waals surface area contributed by atoms with E-state index in [0.29, 0.717) is 0 Å². The number of hydrogen-bond acceptors (Lipinski definition) is 1. The Kier molecular flexibility index (Phi) is 4.05. The Balaban J connectivity index is 2.28. The van der Waals surface area contributed by atoms with E-state index in [9.17, 15) is 4.79 Å². The number of hydrogen-bond donors (Lipinski definition) is 1. The molecular weight excluding hydrogens is 302 g/mol. The van der Waals surface area contributed by atoms with Crippen molar-refractivity contribution in [1.29, 1.82) is 0 Å². The quantitative estimate of drug-likeness (QED) is 0.859. The first-order valence-electron chi connectivity index (χ1n) is 6.13. The Hall–Kier alpha value is -1.61.